The highest BCUT2D eigenvalue weighted by molar-refractivity contribution is 5.25. The van der Waals surface area contributed by atoms with Crippen molar-refractivity contribution in [2.45, 2.75) is 45.4 Å². The third-order valence-electron chi connectivity index (χ3n) is 4.35. The van der Waals surface area contributed by atoms with E-state index in [2.05, 4.69) is 64.4 Å². The molecule has 1 fully saturated rings. The Morgan fingerprint density at radius 1 is 1.16 bits per heavy atom. The Morgan fingerprint density at radius 2 is 1.92 bits per heavy atom. The summed E-state index contributed by atoms with van der Waals surface area (Å²) in [6.07, 6.45) is 6.28. The van der Waals surface area contributed by atoms with Gasteiger partial charge in [-0.05, 0) is 32.3 Å². The van der Waals surface area contributed by atoms with Gasteiger partial charge in [-0.1, -0.05) is 30.3 Å². The maximum atomic E-state index is 5.95. The van der Waals surface area contributed by atoms with Gasteiger partial charge in [-0.2, -0.15) is 0 Å². The van der Waals surface area contributed by atoms with Gasteiger partial charge in [0.1, 0.15) is 0 Å². The molecule has 0 amide bonds. The predicted molar refractivity (Wildman–Crippen MR) is 101 cm³/mol. The standard InChI is InChI=1S/C20H28N4O/c1-16(2)23-20-21-12-18(13-22-20)14-24-10-11-25-19(15-24)9-8-17-6-4-3-5-7-17/h3-7,12-13,16,19H,8-11,14-15H2,1-2H3,(H,21,22,23). The smallest absolute Gasteiger partial charge is 0.222 e. The molecule has 1 aromatic carbocycles. The van der Waals surface area contributed by atoms with Crippen LogP contribution in [0.2, 0.25) is 0 Å². The molecule has 0 aliphatic carbocycles. The second-order valence-corrected chi connectivity index (χ2v) is 6.97. The maximum absolute atomic E-state index is 5.95. The van der Waals surface area contributed by atoms with E-state index in [0.717, 1.165) is 44.6 Å². The Bertz CT molecular complexity index is 630. The summed E-state index contributed by atoms with van der Waals surface area (Å²) in [5.74, 6) is 0.696. The molecule has 25 heavy (non-hydrogen) atoms. The second-order valence-electron chi connectivity index (χ2n) is 6.97. The van der Waals surface area contributed by atoms with Crippen LogP contribution in [0.4, 0.5) is 5.95 Å². The zero-order valence-corrected chi connectivity index (χ0v) is 15.2. The molecular formula is C20H28N4O. The number of ether oxygens (including phenoxy) is 1. The van der Waals surface area contributed by atoms with Gasteiger partial charge < -0.3 is 10.1 Å². The lowest BCUT2D eigenvalue weighted by Gasteiger charge is -2.33. The van der Waals surface area contributed by atoms with Crippen LogP contribution in [0.15, 0.2) is 42.7 Å². The van der Waals surface area contributed by atoms with Gasteiger partial charge >= 0.3 is 0 Å². The van der Waals surface area contributed by atoms with E-state index in [1.807, 2.05) is 12.4 Å². The molecule has 5 nitrogen and oxygen atoms in total. The number of benzene rings is 1. The van der Waals surface area contributed by atoms with Crippen LogP contribution >= 0.6 is 0 Å². The lowest BCUT2D eigenvalue weighted by atomic mass is 10.1. The number of morpholine rings is 1. The highest BCUT2D eigenvalue weighted by Crippen LogP contribution is 2.15. The fourth-order valence-electron chi connectivity index (χ4n) is 3.10. The van der Waals surface area contributed by atoms with Crippen molar-refractivity contribution in [3.05, 3.63) is 53.9 Å². The van der Waals surface area contributed by atoms with Crippen LogP contribution in [-0.4, -0.2) is 46.7 Å². The highest BCUT2D eigenvalue weighted by atomic mass is 16.5. The average Bonchev–Trinajstić information content (AvgIpc) is 2.62. The van der Waals surface area contributed by atoms with E-state index < -0.39 is 0 Å². The van der Waals surface area contributed by atoms with E-state index in [1.54, 1.807) is 0 Å². The number of hydrogen-bond acceptors (Lipinski definition) is 5. The fourth-order valence-corrected chi connectivity index (χ4v) is 3.10. The molecule has 1 aliphatic rings. The molecule has 1 N–H and O–H groups in total. The van der Waals surface area contributed by atoms with Crippen molar-refractivity contribution >= 4 is 5.95 Å². The Balaban J connectivity index is 1.48. The Morgan fingerprint density at radius 3 is 2.64 bits per heavy atom. The number of anilines is 1. The zero-order chi connectivity index (χ0) is 17.5. The van der Waals surface area contributed by atoms with E-state index >= 15 is 0 Å². The summed E-state index contributed by atoms with van der Waals surface area (Å²) in [4.78, 5) is 11.2. The number of aryl methyl sites for hydroxylation is 1. The van der Waals surface area contributed by atoms with Crippen LogP contribution in [-0.2, 0) is 17.7 Å². The fraction of sp³-hybridized carbons (Fsp3) is 0.500. The normalized spacial score (nSPS) is 18.4. The van der Waals surface area contributed by atoms with Gasteiger partial charge in [-0.15, -0.1) is 0 Å². The molecule has 1 atom stereocenters. The van der Waals surface area contributed by atoms with Gasteiger partial charge in [0.25, 0.3) is 0 Å². The van der Waals surface area contributed by atoms with Gasteiger partial charge in [0.05, 0.1) is 12.7 Å². The molecule has 134 valence electrons. The number of aromatic nitrogens is 2. The molecule has 2 aromatic rings. The number of rotatable bonds is 7. The van der Waals surface area contributed by atoms with E-state index in [9.17, 15) is 0 Å². The lowest BCUT2D eigenvalue weighted by Crippen LogP contribution is -2.42. The summed E-state index contributed by atoms with van der Waals surface area (Å²) >= 11 is 0. The molecule has 0 bridgehead atoms. The summed E-state index contributed by atoms with van der Waals surface area (Å²) in [6, 6.07) is 11.0. The van der Waals surface area contributed by atoms with Crippen molar-refractivity contribution in [1.82, 2.24) is 14.9 Å². The summed E-state index contributed by atoms with van der Waals surface area (Å²) in [5.41, 5.74) is 2.53. The lowest BCUT2D eigenvalue weighted by molar-refractivity contribution is -0.0346. The number of nitrogens with zero attached hydrogens (tertiary/aromatic N) is 3. The monoisotopic (exact) mass is 340 g/mol. The summed E-state index contributed by atoms with van der Waals surface area (Å²) in [6.45, 7) is 7.79. The SMILES string of the molecule is CC(C)Nc1ncc(CN2CCOC(CCc3ccccc3)C2)cn1. The van der Waals surface area contributed by atoms with E-state index in [1.165, 1.54) is 5.56 Å². The minimum Gasteiger partial charge on any atom is -0.376 e. The molecule has 1 saturated heterocycles. The molecular weight excluding hydrogens is 312 g/mol. The first-order valence-corrected chi connectivity index (χ1v) is 9.14. The van der Waals surface area contributed by atoms with Crippen molar-refractivity contribution in [3.63, 3.8) is 0 Å². The Hall–Kier alpha value is -1.98. The predicted octanol–water partition coefficient (Wildman–Crippen LogP) is 3.13. The molecule has 1 unspecified atom stereocenters. The van der Waals surface area contributed by atoms with Gasteiger partial charge in [0.15, 0.2) is 0 Å². The van der Waals surface area contributed by atoms with Crippen LogP contribution in [0.25, 0.3) is 0 Å². The summed E-state index contributed by atoms with van der Waals surface area (Å²) in [5, 5.41) is 3.22. The largest absolute Gasteiger partial charge is 0.376 e. The first kappa shape index (κ1) is 17.8. The first-order chi connectivity index (χ1) is 12.2. The van der Waals surface area contributed by atoms with Crippen LogP contribution in [0, 0.1) is 0 Å². The summed E-state index contributed by atoms with van der Waals surface area (Å²) < 4.78 is 5.95. The van der Waals surface area contributed by atoms with Gasteiger partial charge in [0, 0.05) is 43.6 Å². The van der Waals surface area contributed by atoms with Crippen LogP contribution in [0.3, 0.4) is 0 Å². The number of nitrogens with one attached hydrogen (secondary N) is 1. The van der Waals surface area contributed by atoms with Crippen molar-refractivity contribution in [2.75, 3.05) is 25.0 Å². The van der Waals surface area contributed by atoms with E-state index in [4.69, 9.17) is 4.74 Å². The average molecular weight is 340 g/mol. The van der Waals surface area contributed by atoms with E-state index in [0.29, 0.717) is 18.1 Å². The summed E-state index contributed by atoms with van der Waals surface area (Å²) in [7, 11) is 0. The molecule has 2 heterocycles. The minimum atomic E-state index is 0.303. The molecule has 3 rings (SSSR count). The molecule has 1 aromatic heterocycles. The van der Waals surface area contributed by atoms with Crippen LogP contribution in [0.1, 0.15) is 31.4 Å². The molecule has 5 heteroatoms. The minimum absolute atomic E-state index is 0.303. The third-order valence-corrected chi connectivity index (χ3v) is 4.35. The van der Waals surface area contributed by atoms with Gasteiger partial charge in [-0.25, -0.2) is 9.97 Å². The topological polar surface area (TPSA) is 50.3 Å². The quantitative estimate of drug-likeness (QED) is 0.839. The third kappa shape index (κ3) is 5.80. The highest BCUT2D eigenvalue weighted by Gasteiger charge is 2.20. The Kier molecular flexibility index (Phi) is 6.36. The maximum Gasteiger partial charge on any atom is 0.222 e. The van der Waals surface area contributed by atoms with Gasteiger partial charge in [0.2, 0.25) is 5.95 Å². The molecule has 0 radical (unpaired) electrons. The van der Waals surface area contributed by atoms with E-state index in [-0.39, 0.29) is 0 Å². The van der Waals surface area contributed by atoms with Crippen molar-refractivity contribution in [3.8, 4) is 0 Å². The molecule has 0 spiro atoms. The molecule has 1 aliphatic heterocycles. The second kappa shape index (κ2) is 8.92. The number of hydrogen-bond donors (Lipinski definition) is 1. The zero-order valence-electron chi connectivity index (χ0n) is 15.2. The van der Waals surface area contributed by atoms with Crippen molar-refractivity contribution in [2.24, 2.45) is 0 Å². The van der Waals surface area contributed by atoms with Crippen molar-refractivity contribution < 1.29 is 4.74 Å². The Labute approximate surface area is 150 Å². The first-order valence-electron chi connectivity index (χ1n) is 9.14. The van der Waals surface area contributed by atoms with Gasteiger partial charge in [-0.3, -0.25) is 4.90 Å². The van der Waals surface area contributed by atoms with Crippen molar-refractivity contribution in [1.29, 1.82) is 0 Å². The van der Waals surface area contributed by atoms with Crippen LogP contribution in [0.5, 0.6) is 0 Å². The van der Waals surface area contributed by atoms with Crippen LogP contribution < -0.4 is 5.32 Å². The molecule has 0 saturated carbocycles.